The lowest BCUT2D eigenvalue weighted by molar-refractivity contribution is 0.217. The van der Waals surface area contributed by atoms with E-state index in [1.165, 1.54) is 13.0 Å². The van der Waals surface area contributed by atoms with E-state index in [-0.39, 0.29) is 17.4 Å². The van der Waals surface area contributed by atoms with Gasteiger partial charge in [0.05, 0.1) is 6.10 Å². The molecule has 1 N–H and O–H groups in total. The van der Waals surface area contributed by atoms with Crippen LogP contribution < -0.4 is 10.1 Å². The average molecular weight is 314 g/mol. The van der Waals surface area contributed by atoms with Crippen molar-refractivity contribution >= 4 is 17.5 Å². The Labute approximate surface area is 131 Å². The first-order valence-electron chi connectivity index (χ1n) is 7.64. The largest absolute Gasteiger partial charge is 0.461 e. The minimum Gasteiger partial charge on any atom is -0.461 e. The van der Waals surface area contributed by atoms with Crippen molar-refractivity contribution in [3.05, 3.63) is 5.28 Å². The summed E-state index contributed by atoms with van der Waals surface area (Å²) in [5.41, 5.74) is 0. The number of nitrogens with one attached hydrogen (secondary N) is 1. The number of aromatic nitrogens is 3. The van der Waals surface area contributed by atoms with E-state index in [0.717, 1.165) is 25.9 Å². The predicted octanol–water partition coefficient (Wildman–Crippen LogP) is 2.60. The summed E-state index contributed by atoms with van der Waals surface area (Å²) in [6.07, 6.45) is 3.39. The van der Waals surface area contributed by atoms with Crippen molar-refractivity contribution in [2.45, 2.75) is 52.2 Å². The maximum Gasteiger partial charge on any atom is 0.322 e. The van der Waals surface area contributed by atoms with Gasteiger partial charge in [0.15, 0.2) is 0 Å². The van der Waals surface area contributed by atoms with Crippen LogP contribution >= 0.6 is 11.6 Å². The Hall–Kier alpha value is -1.14. The lowest BCUT2D eigenvalue weighted by Crippen LogP contribution is -2.39. The van der Waals surface area contributed by atoms with Gasteiger partial charge in [-0.1, -0.05) is 6.92 Å². The van der Waals surface area contributed by atoms with Crippen LogP contribution in [0.15, 0.2) is 0 Å². The molecule has 0 saturated carbocycles. The highest BCUT2D eigenvalue weighted by Crippen LogP contribution is 2.17. The van der Waals surface area contributed by atoms with Crippen molar-refractivity contribution in [1.82, 2.24) is 19.9 Å². The molecule has 7 heteroatoms. The molecule has 0 aromatic carbocycles. The van der Waals surface area contributed by atoms with Gasteiger partial charge in [-0.15, -0.1) is 0 Å². The van der Waals surface area contributed by atoms with Crippen LogP contribution in [0.4, 0.5) is 5.95 Å². The Morgan fingerprint density at radius 3 is 2.62 bits per heavy atom. The second kappa shape index (κ2) is 7.75. The quantitative estimate of drug-likeness (QED) is 0.871. The van der Waals surface area contributed by atoms with Crippen molar-refractivity contribution in [3.8, 4) is 6.01 Å². The third kappa shape index (κ3) is 5.28. The molecular weight excluding hydrogens is 290 g/mol. The van der Waals surface area contributed by atoms with Gasteiger partial charge >= 0.3 is 6.01 Å². The molecule has 0 bridgehead atoms. The molecule has 1 aromatic heterocycles. The smallest absolute Gasteiger partial charge is 0.322 e. The zero-order chi connectivity index (χ0) is 15.2. The SMILES string of the molecule is CCCN1CCC(Nc2nc(Cl)nc(OC(C)C)n2)CC1. The summed E-state index contributed by atoms with van der Waals surface area (Å²) in [6, 6.07) is 0.652. The molecule has 1 saturated heterocycles. The maximum absolute atomic E-state index is 5.93. The van der Waals surface area contributed by atoms with Gasteiger partial charge in [-0.05, 0) is 51.3 Å². The van der Waals surface area contributed by atoms with E-state index < -0.39 is 0 Å². The van der Waals surface area contributed by atoms with Crippen LogP contribution in [0.1, 0.15) is 40.0 Å². The Morgan fingerprint density at radius 1 is 1.29 bits per heavy atom. The Balaban J connectivity index is 1.92. The fraction of sp³-hybridized carbons (Fsp3) is 0.786. The van der Waals surface area contributed by atoms with Gasteiger partial charge in [0, 0.05) is 19.1 Å². The Kier molecular flexibility index (Phi) is 5.99. The first kappa shape index (κ1) is 16.2. The summed E-state index contributed by atoms with van der Waals surface area (Å²) in [6.45, 7) is 9.46. The van der Waals surface area contributed by atoms with Crippen LogP contribution in [0, 0.1) is 0 Å². The normalized spacial score (nSPS) is 17.2. The molecule has 1 fully saturated rings. The molecule has 21 heavy (non-hydrogen) atoms. The van der Waals surface area contributed by atoms with Crippen LogP contribution in [-0.4, -0.2) is 51.6 Å². The molecule has 2 rings (SSSR count). The first-order valence-corrected chi connectivity index (χ1v) is 8.01. The molecule has 1 aliphatic heterocycles. The van der Waals surface area contributed by atoms with Gasteiger partial charge in [-0.3, -0.25) is 0 Å². The van der Waals surface area contributed by atoms with E-state index in [4.69, 9.17) is 16.3 Å². The Bertz CT molecular complexity index is 449. The third-order valence-electron chi connectivity index (χ3n) is 3.39. The zero-order valence-corrected chi connectivity index (χ0v) is 13.7. The van der Waals surface area contributed by atoms with Crippen molar-refractivity contribution in [3.63, 3.8) is 0 Å². The molecule has 1 aliphatic rings. The van der Waals surface area contributed by atoms with Crippen LogP contribution in [-0.2, 0) is 0 Å². The summed E-state index contributed by atoms with van der Waals surface area (Å²) in [5.74, 6) is 0.500. The molecule has 0 amide bonds. The highest BCUT2D eigenvalue weighted by atomic mass is 35.5. The number of hydrogen-bond donors (Lipinski definition) is 1. The second-order valence-electron chi connectivity index (χ2n) is 5.64. The predicted molar refractivity (Wildman–Crippen MR) is 84.0 cm³/mol. The molecule has 1 aromatic rings. The number of likely N-dealkylation sites (tertiary alicyclic amines) is 1. The monoisotopic (exact) mass is 313 g/mol. The van der Waals surface area contributed by atoms with E-state index in [2.05, 4.69) is 32.1 Å². The van der Waals surface area contributed by atoms with E-state index >= 15 is 0 Å². The lowest BCUT2D eigenvalue weighted by Gasteiger charge is -2.32. The molecule has 2 heterocycles. The van der Waals surface area contributed by atoms with Crippen molar-refractivity contribution in [2.75, 3.05) is 25.0 Å². The first-order chi connectivity index (χ1) is 10.1. The maximum atomic E-state index is 5.93. The van der Waals surface area contributed by atoms with Gasteiger partial charge in [0.1, 0.15) is 0 Å². The summed E-state index contributed by atoms with van der Waals surface area (Å²) in [5, 5.41) is 3.50. The minimum absolute atomic E-state index is 0.00796. The van der Waals surface area contributed by atoms with Crippen LogP contribution in [0.5, 0.6) is 6.01 Å². The molecule has 118 valence electrons. The zero-order valence-electron chi connectivity index (χ0n) is 13.0. The van der Waals surface area contributed by atoms with Gasteiger partial charge < -0.3 is 15.0 Å². The third-order valence-corrected chi connectivity index (χ3v) is 3.56. The highest BCUT2D eigenvalue weighted by Gasteiger charge is 2.19. The summed E-state index contributed by atoms with van der Waals surface area (Å²) < 4.78 is 5.48. The number of nitrogens with zero attached hydrogens (tertiary/aromatic N) is 4. The molecule has 0 aliphatic carbocycles. The fourth-order valence-electron chi connectivity index (χ4n) is 2.46. The van der Waals surface area contributed by atoms with Crippen molar-refractivity contribution in [1.29, 1.82) is 0 Å². The van der Waals surface area contributed by atoms with Crippen LogP contribution in [0.3, 0.4) is 0 Å². The number of hydrogen-bond acceptors (Lipinski definition) is 6. The number of piperidine rings is 1. The summed E-state index contributed by atoms with van der Waals surface area (Å²) in [4.78, 5) is 14.9. The topological polar surface area (TPSA) is 63.2 Å². The molecular formula is C14H24ClN5O. The molecule has 0 atom stereocenters. The molecule has 0 spiro atoms. The highest BCUT2D eigenvalue weighted by molar-refractivity contribution is 6.28. The van der Waals surface area contributed by atoms with Crippen LogP contribution in [0.2, 0.25) is 5.28 Å². The van der Waals surface area contributed by atoms with Gasteiger partial charge in [-0.25, -0.2) is 0 Å². The second-order valence-corrected chi connectivity index (χ2v) is 5.98. The number of halogens is 1. The van der Waals surface area contributed by atoms with E-state index in [9.17, 15) is 0 Å². The van der Waals surface area contributed by atoms with Gasteiger partial charge in [0.2, 0.25) is 11.2 Å². The number of ether oxygens (including phenoxy) is 1. The molecule has 6 nitrogen and oxygen atoms in total. The lowest BCUT2D eigenvalue weighted by atomic mass is 10.1. The van der Waals surface area contributed by atoms with Crippen LogP contribution in [0.25, 0.3) is 0 Å². The average Bonchev–Trinajstić information content (AvgIpc) is 2.40. The van der Waals surface area contributed by atoms with E-state index in [1.54, 1.807) is 0 Å². The standard InChI is InChI=1S/C14H24ClN5O/c1-4-7-20-8-5-11(6-9-20)16-13-17-12(15)18-14(19-13)21-10(2)3/h10-11H,4-9H2,1-3H3,(H,16,17,18,19). The van der Waals surface area contributed by atoms with Gasteiger partial charge in [0.25, 0.3) is 0 Å². The summed E-state index contributed by atoms with van der Waals surface area (Å²) in [7, 11) is 0. The fourth-order valence-corrected chi connectivity index (χ4v) is 2.61. The van der Waals surface area contributed by atoms with Crippen molar-refractivity contribution in [2.24, 2.45) is 0 Å². The van der Waals surface area contributed by atoms with E-state index in [1.807, 2.05) is 13.8 Å². The van der Waals surface area contributed by atoms with Gasteiger partial charge in [-0.2, -0.15) is 15.0 Å². The number of rotatable bonds is 6. The Morgan fingerprint density at radius 2 is 2.00 bits per heavy atom. The van der Waals surface area contributed by atoms with Crippen molar-refractivity contribution < 1.29 is 4.74 Å². The van der Waals surface area contributed by atoms with E-state index in [0.29, 0.717) is 12.0 Å². The summed E-state index contributed by atoms with van der Waals surface area (Å²) >= 11 is 5.93. The number of anilines is 1. The molecule has 0 radical (unpaired) electrons. The molecule has 0 unspecified atom stereocenters. The minimum atomic E-state index is 0.00796.